The molecule has 0 unspecified atom stereocenters. The van der Waals surface area contributed by atoms with E-state index in [9.17, 15) is 13.2 Å². The van der Waals surface area contributed by atoms with Crippen molar-refractivity contribution in [3.8, 4) is 0 Å². The van der Waals surface area contributed by atoms with Crippen molar-refractivity contribution in [2.24, 2.45) is 0 Å². The second-order valence-corrected chi connectivity index (χ2v) is 6.67. The van der Waals surface area contributed by atoms with Crippen LogP contribution in [0.1, 0.15) is 13.8 Å². The van der Waals surface area contributed by atoms with Gasteiger partial charge in [0, 0.05) is 5.02 Å². The van der Waals surface area contributed by atoms with Crippen molar-refractivity contribution in [3.05, 3.63) is 28.2 Å². The first kappa shape index (κ1) is 15.3. The van der Waals surface area contributed by atoms with Crippen LogP contribution in [0.15, 0.2) is 23.1 Å². The number of carbonyl (C=O) groups excluding carboxylic acids is 1. The minimum Gasteiger partial charge on any atom is -0.462 e. The van der Waals surface area contributed by atoms with E-state index in [1.54, 1.807) is 13.8 Å². The number of hydrogen-bond acceptors (Lipinski definition) is 4. The van der Waals surface area contributed by atoms with Gasteiger partial charge >= 0.3 is 5.97 Å². The monoisotopic (exact) mass is 310 g/mol. The van der Waals surface area contributed by atoms with E-state index in [0.29, 0.717) is 0 Å². The van der Waals surface area contributed by atoms with Crippen LogP contribution in [-0.2, 0) is 19.4 Å². The van der Waals surface area contributed by atoms with Crippen LogP contribution in [0.4, 0.5) is 0 Å². The number of halogens is 2. The molecule has 0 radical (unpaired) electrons. The highest BCUT2D eigenvalue weighted by Crippen LogP contribution is 2.26. The van der Waals surface area contributed by atoms with E-state index < -0.39 is 21.6 Å². The van der Waals surface area contributed by atoms with Crippen LogP contribution in [0, 0.1) is 0 Å². The Hall–Kier alpha value is -0.780. The first-order valence-electron chi connectivity index (χ1n) is 5.09. The average molecular weight is 311 g/mol. The minimum atomic E-state index is -3.85. The Labute approximate surface area is 116 Å². The van der Waals surface area contributed by atoms with Crippen molar-refractivity contribution in [2.75, 3.05) is 5.75 Å². The molecule has 100 valence electrons. The molecule has 0 aliphatic rings. The molecule has 0 amide bonds. The Morgan fingerprint density at radius 3 is 2.50 bits per heavy atom. The summed E-state index contributed by atoms with van der Waals surface area (Å²) in [6.45, 7) is 3.27. The van der Waals surface area contributed by atoms with E-state index >= 15 is 0 Å². The molecule has 0 N–H and O–H groups in total. The molecule has 0 heterocycles. The lowest BCUT2D eigenvalue weighted by molar-refractivity contribution is -0.144. The average Bonchev–Trinajstić information content (AvgIpc) is 2.19. The third-order valence-corrected chi connectivity index (χ3v) is 4.20. The van der Waals surface area contributed by atoms with E-state index in [2.05, 4.69) is 0 Å². The molecule has 1 aromatic carbocycles. The smallest absolute Gasteiger partial charge is 0.321 e. The highest BCUT2D eigenvalue weighted by molar-refractivity contribution is 7.92. The van der Waals surface area contributed by atoms with Gasteiger partial charge in [-0.3, -0.25) is 4.79 Å². The van der Waals surface area contributed by atoms with Crippen LogP contribution in [0.2, 0.25) is 10.0 Å². The number of benzene rings is 1. The summed E-state index contributed by atoms with van der Waals surface area (Å²) in [5.41, 5.74) is 0. The van der Waals surface area contributed by atoms with Crippen molar-refractivity contribution in [1.82, 2.24) is 0 Å². The molecule has 18 heavy (non-hydrogen) atoms. The normalized spacial score (nSPS) is 11.6. The van der Waals surface area contributed by atoms with E-state index in [4.69, 9.17) is 27.9 Å². The third kappa shape index (κ3) is 4.15. The van der Waals surface area contributed by atoms with Crippen LogP contribution in [0.3, 0.4) is 0 Å². The maximum Gasteiger partial charge on any atom is 0.321 e. The van der Waals surface area contributed by atoms with Crippen molar-refractivity contribution in [1.29, 1.82) is 0 Å². The van der Waals surface area contributed by atoms with Gasteiger partial charge in [-0.15, -0.1) is 0 Å². The van der Waals surface area contributed by atoms with Crippen LogP contribution >= 0.6 is 23.2 Å². The zero-order valence-corrected chi connectivity index (χ0v) is 12.1. The van der Waals surface area contributed by atoms with Gasteiger partial charge in [0.25, 0.3) is 0 Å². The van der Waals surface area contributed by atoms with Gasteiger partial charge in [0.2, 0.25) is 0 Å². The second-order valence-electron chi connectivity index (χ2n) is 3.87. The van der Waals surface area contributed by atoms with Gasteiger partial charge in [-0.2, -0.15) is 0 Å². The van der Waals surface area contributed by atoms with E-state index in [0.717, 1.165) is 0 Å². The summed E-state index contributed by atoms with van der Waals surface area (Å²) < 4.78 is 28.7. The number of esters is 1. The molecule has 0 aliphatic heterocycles. The van der Waals surface area contributed by atoms with Crippen LogP contribution in [0.25, 0.3) is 0 Å². The standard InChI is InChI=1S/C11H12Cl2O4S/c1-7(2)17-11(14)6-18(15,16)10-5-8(12)3-4-9(10)13/h3-5,7H,6H2,1-2H3. The molecule has 0 spiro atoms. The first-order valence-corrected chi connectivity index (χ1v) is 7.50. The van der Waals surface area contributed by atoms with Gasteiger partial charge in [0.05, 0.1) is 16.0 Å². The summed E-state index contributed by atoms with van der Waals surface area (Å²) in [7, 11) is -3.85. The topological polar surface area (TPSA) is 60.4 Å². The molecule has 7 heteroatoms. The number of hydrogen-bond donors (Lipinski definition) is 0. The maximum atomic E-state index is 12.0. The number of carbonyl (C=O) groups is 1. The second kappa shape index (κ2) is 5.91. The zero-order chi connectivity index (χ0) is 13.9. The summed E-state index contributed by atoms with van der Waals surface area (Å²) >= 11 is 11.5. The molecule has 0 aliphatic carbocycles. The highest BCUT2D eigenvalue weighted by atomic mass is 35.5. The van der Waals surface area contributed by atoms with Crippen LogP contribution in [0.5, 0.6) is 0 Å². The van der Waals surface area contributed by atoms with Gasteiger partial charge in [-0.05, 0) is 32.0 Å². The molecule has 0 saturated carbocycles. The first-order chi connectivity index (χ1) is 8.22. The molecule has 0 fully saturated rings. The number of sulfone groups is 1. The summed E-state index contributed by atoms with van der Waals surface area (Å²) in [5.74, 6) is -1.58. The van der Waals surface area contributed by atoms with E-state index in [1.807, 2.05) is 0 Å². The van der Waals surface area contributed by atoms with Gasteiger partial charge in [-0.1, -0.05) is 23.2 Å². The predicted molar refractivity (Wildman–Crippen MR) is 69.7 cm³/mol. The molecular weight excluding hydrogens is 299 g/mol. The Bertz CT molecular complexity index is 552. The summed E-state index contributed by atoms with van der Waals surface area (Å²) in [6.07, 6.45) is -0.373. The Morgan fingerprint density at radius 1 is 1.33 bits per heavy atom. The lowest BCUT2D eigenvalue weighted by atomic mass is 10.4. The molecule has 0 aromatic heterocycles. The number of rotatable bonds is 4. The fourth-order valence-corrected chi connectivity index (χ4v) is 3.16. The zero-order valence-electron chi connectivity index (χ0n) is 9.81. The van der Waals surface area contributed by atoms with Gasteiger partial charge in [0.15, 0.2) is 15.6 Å². The van der Waals surface area contributed by atoms with Crippen LogP contribution in [-0.4, -0.2) is 26.2 Å². The maximum absolute atomic E-state index is 12.0. The molecule has 4 nitrogen and oxygen atoms in total. The van der Waals surface area contributed by atoms with Gasteiger partial charge in [-0.25, -0.2) is 8.42 Å². The summed E-state index contributed by atoms with van der Waals surface area (Å²) in [6, 6.07) is 4.04. The number of ether oxygens (including phenoxy) is 1. The van der Waals surface area contributed by atoms with Crippen LogP contribution < -0.4 is 0 Å². The van der Waals surface area contributed by atoms with E-state index in [-0.39, 0.29) is 21.0 Å². The van der Waals surface area contributed by atoms with Crippen molar-refractivity contribution in [3.63, 3.8) is 0 Å². The molecule has 0 atom stereocenters. The van der Waals surface area contributed by atoms with Crippen molar-refractivity contribution in [2.45, 2.75) is 24.8 Å². The Balaban J connectivity index is 3.00. The molecule has 1 rings (SSSR count). The van der Waals surface area contributed by atoms with Crippen molar-refractivity contribution >= 4 is 39.0 Å². The SMILES string of the molecule is CC(C)OC(=O)CS(=O)(=O)c1cc(Cl)ccc1Cl. The Kier molecular flexibility index (Phi) is 5.01. The molecule has 0 saturated heterocycles. The quantitative estimate of drug-likeness (QED) is 0.802. The fourth-order valence-electron chi connectivity index (χ4n) is 1.25. The molecule has 1 aromatic rings. The van der Waals surface area contributed by atoms with E-state index in [1.165, 1.54) is 18.2 Å². The fraction of sp³-hybridized carbons (Fsp3) is 0.364. The largest absolute Gasteiger partial charge is 0.462 e. The predicted octanol–water partition coefficient (Wildman–Crippen LogP) is 2.72. The highest BCUT2D eigenvalue weighted by Gasteiger charge is 2.23. The molecule has 0 bridgehead atoms. The Morgan fingerprint density at radius 2 is 1.94 bits per heavy atom. The van der Waals surface area contributed by atoms with Gasteiger partial charge < -0.3 is 4.74 Å². The minimum absolute atomic E-state index is 0.0248. The van der Waals surface area contributed by atoms with Crippen molar-refractivity contribution < 1.29 is 17.9 Å². The summed E-state index contributed by atoms with van der Waals surface area (Å²) in [5, 5.41) is 0.256. The third-order valence-electron chi connectivity index (χ3n) is 1.90. The molecular formula is C11H12Cl2O4S. The lowest BCUT2D eigenvalue weighted by Gasteiger charge is -2.09. The summed E-state index contributed by atoms with van der Waals surface area (Å²) in [4.78, 5) is 11.2. The van der Waals surface area contributed by atoms with Gasteiger partial charge in [0.1, 0.15) is 0 Å². The lowest BCUT2D eigenvalue weighted by Crippen LogP contribution is -2.21.